The van der Waals surface area contributed by atoms with Crippen LogP contribution in [0.5, 0.6) is 0 Å². The summed E-state index contributed by atoms with van der Waals surface area (Å²) in [6, 6.07) is 0. The number of esters is 2. The molecule has 4 heteroatoms. The van der Waals surface area contributed by atoms with Crippen molar-refractivity contribution in [2.45, 2.75) is 77.0 Å². The number of rotatable bonds is 0. The van der Waals surface area contributed by atoms with E-state index in [1.165, 1.54) is 38.5 Å². The predicted molar refractivity (Wildman–Crippen MR) is 86.5 cm³/mol. The smallest absolute Gasteiger partial charge is 0.309 e. The van der Waals surface area contributed by atoms with Crippen LogP contribution in [0.15, 0.2) is 12.2 Å². The Morgan fingerprint density at radius 2 is 0.864 bits per heavy atom. The Labute approximate surface area is 134 Å². The average Bonchev–Trinajstić information content (AvgIpc) is 2.51. The molecular weight excluding hydrogens is 280 g/mol. The van der Waals surface area contributed by atoms with Crippen molar-refractivity contribution in [2.75, 3.05) is 13.2 Å². The molecule has 0 atom stereocenters. The van der Waals surface area contributed by atoms with Crippen LogP contribution in [0, 0.1) is 0 Å². The zero-order valence-electron chi connectivity index (χ0n) is 13.7. The van der Waals surface area contributed by atoms with E-state index in [0.717, 1.165) is 25.7 Å². The van der Waals surface area contributed by atoms with Crippen LogP contribution in [-0.2, 0) is 19.1 Å². The van der Waals surface area contributed by atoms with Crippen LogP contribution in [0.2, 0.25) is 0 Å². The summed E-state index contributed by atoms with van der Waals surface area (Å²) in [6.45, 7) is 1.02. The Morgan fingerprint density at radius 3 is 1.23 bits per heavy atom. The maximum absolute atomic E-state index is 11.5. The summed E-state index contributed by atoms with van der Waals surface area (Å²) in [4.78, 5) is 22.9. The van der Waals surface area contributed by atoms with E-state index in [4.69, 9.17) is 9.47 Å². The summed E-state index contributed by atoms with van der Waals surface area (Å²) >= 11 is 0. The molecular formula is C18H30O4. The highest BCUT2D eigenvalue weighted by Gasteiger charge is 2.02. The van der Waals surface area contributed by atoms with Gasteiger partial charge in [0.15, 0.2) is 0 Å². The van der Waals surface area contributed by atoms with Gasteiger partial charge in [-0.2, -0.15) is 0 Å². The molecule has 1 heterocycles. The van der Waals surface area contributed by atoms with Crippen LogP contribution in [0.4, 0.5) is 0 Å². The van der Waals surface area contributed by atoms with Crippen LogP contribution >= 0.6 is 0 Å². The van der Waals surface area contributed by atoms with Crippen molar-refractivity contribution in [2.24, 2.45) is 0 Å². The van der Waals surface area contributed by atoms with Crippen molar-refractivity contribution >= 4 is 11.9 Å². The van der Waals surface area contributed by atoms with Gasteiger partial charge in [0.2, 0.25) is 0 Å². The molecule has 22 heavy (non-hydrogen) atoms. The molecule has 0 bridgehead atoms. The Morgan fingerprint density at radius 1 is 0.545 bits per heavy atom. The maximum Gasteiger partial charge on any atom is 0.309 e. The lowest BCUT2D eigenvalue weighted by atomic mass is 10.1. The summed E-state index contributed by atoms with van der Waals surface area (Å²) in [5.74, 6) is -0.446. The second-order valence-electron chi connectivity index (χ2n) is 5.86. The molecule has 0 saturated carbocycles. The zero-order valence-corrected chi connectivity index (χ0v) is 13.7. The van der Waals surface area contributed by atoms with Crippen molar-refractivity contribution in [3.8, 4) is 0 Å². The highest BCUT2D eigenvalue weighted by Crippen LogP contribution is 2.11. The average molecular weight is 310 g/mol. The van der Waals surface area contributed by atoms with Gasteiger partial charge in [-0.05, 0) is 12.8 Å². The Balaban J connectivity index is 2.25. The number of ether oxygens (including phenoxy) is 2. The lowest BCUT2D eigenvalue weighted by molar-refractivity contribution is -0.144. The molecule has 0 saturated heterocycles. The fourth-order valence-electron chi connectivity index (χ4n) is 2.47. The molecule has 0 fully saturated rings. The zero-order chi connectivity index (χ0) is 15.9. The van der Waals surface area contributed by atoms with E-state index in [1.54, 1.807) is 12.2 Å². The highest BCUT2D eigenvalue weighted by molar-refractivity contribution is 5.73. The van der Waals surface area contributed by atoms with Crippen molar-refractivity contribution in [3.63, 3.8) is 0 Å². The molecule has 1 aliphatic rings. The fraction of sp³-hybridized carbons (Fsp3) is 0.778. The summed E-state index contributed by atoms with van der Waals surface area (Å²) in [5, 5.41) is 0. The predicted octanol–water partition coefficient (Wildman–Crippen LogP) is 4.32. The largest absolute Gasteiger partial charge is 0.465 e. The van der Waals surface area contributed by atoms with Gasteiger partial charge in [-0.1, -0.05) is 63.5 Å². The van der Waals surface area contributed by atoms with Crippen molar-refractivity contribution < 1.29 is 19.1 Å². The van der Waals surface area contributed by atoms with Gasteiger partial charge in [-0.3, -0.25) is 9.59 Å². The first-order valence-electron chi connectivity index (χ1n) is 8.75. The van der Waals surface area contributed by atoms with Crippen molar-refractivity contribution in [3.05, 3.63) is 12.2 Å². The van der Waals surface area contributed by atoms with Gasteiger partial charge in [0.25, 0.3) is 0 Å². The minimum Gasteiger partial charge on any atom is -0.465 e. The maximum atomic E-state index is 11.5. The molecule has 1 aliphatic heterocycles. The van der Waals surface area contributed by atoms with Crippen molar-refractivity contribution in [1.82, 2.24) is 0 Å². The molecule has 0 N–H and O–H groups in total. The van der Waals surface area contributed by atoms with Crippen LogP contribution in [0.25, 0.3) is 0 Å². The topological polar surface area (TPSA) is 52.6 Å². The summed E-state index contributed by atoms with van der Waals surface area (Å²) in [7, 11) is 0. The molecule has 126 valence electrons. The second kappa shape index (κ2) is 13.4. The summed E-state index contributed by atoms with van der Waals surface area (Å²) < 4.78 is 10.3. The lowest BCUT2D eigenvalue weighted by Crippen LogP contribution is -2.06. The van der Waals surface area contributed by atoms with Crippen LogP contribution in [-0.4, -0.2) is 25.2 Å². The SMILES string of the molecule is O=C1C/C=C/CC(=O)OCCCCCCCCCCCCO1. The standard InChI is InChI=1S/C18H30O4/c19-17-13-9-10-14-18(20)22-16-12-8-6-4-2-1-3-5-7-11-15-21-17/h9-10H,1-8,11-16H2/b10-9+. The van der Waals surface area contributed by atoms with Crippen LogP contribution in [0.1, 0.15) is 77.0 Å². The first-order chi connectivity index (χ1) is 10.8. The summed E-state index contributed by atoms with van der Waals surface area (Å²) in [5.41, 5.74) is 0. The third-order valence-corrected chi connectivity index (χ3v) is 3.80. The minimum absolute atomic E-state index is 0.223. The Hall–Kier alpha value is -1.32. The third-order valence-electron chi connectivity index (χ3n) is 3.80. The van der Waals surface area contributed by atoms with E-state index < -0.39 is 0 Å². The molecule has 0 aromatic carbocycles. The van der Waals surface area contributed by atoms with Gasteiger partial charge in [-0.15, -0.1) is 0 Å². The fourth-order valence-corrected chi connectivity index (χ4v) is 2.47. The van der Waals surface area contributed by atoms with Gasteiger partial charge in [0.05, 0.1) is 26.1 Å². The molecule has 4 nitrogen and oxygen atoms in total. The molecule has 0 amide bonds. The van der Waals surface area contributed by atoms with E-state index in [-0.39, 0.29) is 24.8 Å². The lowest BCUT2D eigenvalue weighted by Gasteiger charge is -2.05. The number of hydrogen-bond acceptors (Lipinski definition) is 4. The monoisotopic (exact) mass is 310 g/mol. The molecule has 0 aromatic heterocycles. The van der Waals surface area contributed by atoms with E-state index in [0.29, 0.717) is 13.2 Å². The van der Waals surface area contributed by atoms with E-state index in [9.17, 15) is 9.59 Å². The minimum atomic E-state index is -0.223. The molecule has 0 aliphatic carbocycles. The van der Waals surface area contributed by atoms with Crippen LogP contribution < -0.4 is 0 Å². The number of cyclic esters (lactones) is 2. The van der Waals surface area contributed by atoms with Gasteiger partial charge < -0.3 is 9.47 Å². The van der Waals surface area contributed by atoms with Gasteiger partial charge in [0, 0.05) is 0 Å². The normalized spacial score (nSPS) is 23.1. The Bertz CT molecular complexity index is 304. The number of hydrogen-bond donors (Lipinski definition) is 0. The number of carbonyl (C=O) groups is 2. The van der Waals surface area contributed by atoms with Crippen molar-refractivity contribution in [1.29, 1.82) is 0 Å². The molecule has 0 aromatic rings. The second-order valence-corrected chi connectivity index (χ2v) is 5.86. The molecule has 0 unspecified atom stereocenters. The Kier molecular flexibility index (Phi) is 11.4. The van der Waals surface area contributed by atoms with Gasteiger partial charge in [0.1, 0.15) is 0 Å². The van der Waals surface area contributed by atoms with Gasteiger partial charge in [-0.25, -0.2) is 0 Å². The molecule has 0 spiro atoms. The first kappa shape index (κ1) is 18.7. The molecule has 1 rings (SSSR count). The third kappa shape index (κ3) is 11.4. The summed E-state index contributed by atoms with van der Waals surface area (Å²) in [6.07, 6.45) is 15.6. The highest BCUT2D eigenvalue weighted by atomic mass is 16.5. The first-order valence-corrected chi connectivity index (χ1v) is 8.75. The van der Waals surface area contributed by atoms with Crippen LogP contribution in [0.3, 0.4) is 0 Å². The van der Waals surface area contributed by atoms with E-state index >= 15 is 0 Å². The number of carbonyl (C=O) groups excluding carboxylic acids is 2. The van der Waals surface area contributed by atoms with E-state index in [2.05, 4.69) is 0 Å². The van der Waals surface area contributed by atoms with E-state index in [1.807, 2.05) is 0 Å². The molecule has 0 radical (unpaired) electrons. The quantitative estimate of drug-likeness (QED) is 0.494. The van der Waals surface area contributed by atoms with Gasteiger partial charge >= 0.3 is 11.9 Å².